The van der Waals surface area contributed by atoms with E-state index in [1.54, 1.807) is 0 Å². The van der Waals surface area contributed by atoms with Gasteiger partial charge in [-0.25, -0.2) is 0 Å². The number of carbonyl (C=O) groups is 2. The number of anilines is 2. The van der Waals surface area contributed by atoms with Gasteiger partial charge in [-0.1, -0.05) is 106 Å². The molecule has 238 valence electrons. The van der Waals surface area contributed by atoms with Crippen molar-refractivity contribution in [3.8, 4) is 0 Å². The quantitative estimate of drug-likeness (QED) is 0.0813. The average molecular weight is 669 g/mol. The second-order valence-electron chi connectivity index (χ2n) is 11.0. The van der Waals surface area contributed by atoms with Gasteiger partial charge in [0.15, 0.2) is 0 Å². The van der Waals surface area contributed by atoms with Gasteiger partial charge in [-0.15, -0.1) is 10.2 Å². The minimum atomic E-state index is -0.159. The summed E-state index contributed by atoms with van der Waals surface area (Å²) in [6.07, 6.45) is 0. The van der Waals surface area contributed by atoms with Crippen molar-refractivity contribution in [1.29, 1.82) is 0 Å². The van der Waals surface area contributed by atoms with Crippen LogP contribution in [0.3, 0.4) is 0 Å². The van der Waals surface area contributed by atoms with E-state index in [4.69, 9.17) is 0 Å². The summed E-state index contributed by atoms with van der Waals surface area (Å²) in [7, 11) is 2.66. The van der Waals surface area contributed by atoms with E-state index in [-0.39, 0.29) is 23.3 Å². The van der Waals surface area contributed by atoms with Crippen molar-refractivity contribution in [2.45, 2.75) is 13.8 Å². The van der Waals surface area contributed by atoms with E-state index in [9.17, 15) is 9.59 Å². The minimum absolute atomic E-state index is 0.159. The topological polar surface area (TPSA) is 108 Å². The Labute approximate surface area is 286 Å². The summed E-state index contributed by atoms with van der Waals surface area (Å²) in [4.78, 5) is 25.7. The number of benzene rings is 6. The van der Waals surface area contributed by atoms with Crippen molar-refractivity contribution in [2.75, 3.05) is 22.1 Å². The van der Waals surface area contributed by atoms with Crippen molar-refractivity contribution in [2.24, 2.45) is 20.5 Å². The van der Waals surface area contributed by atoms with Crippen LogP contribution < -0.4 is 10.6 Å². The zero-order chi connectivity index (χ0) is 33.3. The lowest BCUT2D eigenvalue weighted by Crippen LogP contribution is -2.15. The van der Waals surface area contributed by atoms with Crippen molar-refractivity contribution in [3.63, 3.8) is 0 Å². The first kappa shape index (κ1) is 32.6. The Morgan fingerprint density at radius 3 is 1.25 bits per heavy atom. The lowest BCUT2D eigenvalue weighted by atomic mass is 10.1. The summed E-state index contributed by atoms with van der Waals surface area (Å²) in [6.45, 7) is 4.06. The monoisotopic (exact) mass is 668 g/mol. The van der Waals surface area contributed by atoms with E-state index in [0.717, 1.165) is 44.0 Å². The number of rotatable bonds is 11. The molecule has 0 atom stereocenters. The molecule has 6 rings (SSSR count). The SMILES string of the molecule is Cc1ccc(/N=N/c2ccc(NC(=O)CSSCC(=O)Nc3ccc(/N=N/c4ccc(C)cc4)c4ccccc34)c3ccccc23)cc1. The maximum absolute atomic E-state index is 12.8. The van der Waals surface area contributed by atoms with Crippen molar-refractivity contribution in [3.05, 3.63) is 132 Å². The fraction of sp³-hybridized carbons (Fsp3) is 0.105. The van der Waals surface area contributed by atoms with E-state index < -0.39 is 0 Å². The molecule has 10 heteroatoms. The van der Waals surface area contributed by atoms with E-state index in [0.29, 0.717) is 22.7 Å². The summed E-state index contributed by atoms with van der Waals surface area (Å²) in [5, 5.41) is 27.2. The summed E-state index contributed by atoms with van der Waals surface area (Å²) < 4.78 is 0. The third-order valence-electron chi connectivity index (χ3n) is 7.43. The Kier molecular flexibility index (Phi) is 10.5. The molecule has 48 heavy (non-hydrogen) atoms. The highest BCUT2D eigenvalue weighted by atomic mass is 33.1. The second-order valence-corrected chi connectivity index (χ2v) is 13.5. The van der Waals surface area contributed by atoms with E-state index in [1.165, 1.54) is 21.6 Å². The first-order valence-corrected chi connectivity index (χ1v) is 17.8. The Morgan fingerprint density at radius 2 is 0.854 bits per heavy atom. The first-order valence-electron chi connectivity index (χ1n) is 15.3. The number of hydrogen-bond acceptors (Lipinski definition) is 8. The van der Waals surface area contributed by atoms with Crippen LogP contribution in [0.15, 0.2) is 142 Å². The maximum Gasteiger partial charge on any atom is 0.235 e. The molecule has 2 amide bonds. The number of azo groups is 2. The summed E-state index contributed by atoms with van der Waals surface area (Å²) in [5.41, 5.74) is 6.69. The van der Waals surface area contributed by atoms with Gasteiger partial charge in [0.05, 0.1) is 34.3 Å². The molecule has 0 heterocycles. The number of fused-ring (bicyclic) bond motifs is 2. The molecule has 0 aliphatic rings. The third kappa shape index (κ3) is 8.33. The third-order valence-corrected chi connectivity index (χ3v) is 9.56. The Bertz CT molecular complexity index is 1990. The number of hydrogen-bond donors (Lipinski definition) is 2. The fourth-order valence-electron chi connectivity index (χ4n) is 4.97. The Morgan fingerprint density at radius 1 is 0.479 bits per heavy atom. The van der Waals surface area contributed by atoms with Crippen molar-refractivity contribution >= 4 is 89.1 Å². The van der Waals surface area contributed by atoms with Crippen LogP contribution in [0.5, 0.6) is 0 Å². The molecule has 2 N–H and O–H groups in total. The van der Waals surface area contributed by atoms with Crippen molar-refractivity contribution in [1.82, 2.24) is 0 Å². The average Bonchev–Trinajstić information content (AvgIpc) is 3.11. The molecule has 0 aromatic heterocycles. The highest BCUT2D eigenvalue weighted by Gasteiger charge is 2.12. The Balaban J connectivity index is 1.02. The van der Waals surface area contributed by atoms with Crippen LogP contribution >= 0.6 is 21.6 Å². The molecule has 0 fully saturated rings. The standard InChI is InChI=1S/C38H32N6O2S2/c1-25-11-15-27(16-12-25)41-43-35-21-19-33(29-7-3-5-9-31(29)35)39-37(45)23-47-48-24-38(46)40-34-20-22-36(32-10-6-4-8-30(32)34)44-42-28-17-13-26(2)14-18-28/h3-22H,23-24H2,1-2H3,(H,39,45)(H,40,46)/b43-41+,44-42+. The molecule has 8 nitrogen and oxygen atoms in total. The minimum Gasteiger partial charge on any atom is -0.325 e. The van der Waals surface area contributed by atoms with Gasteiger partial charge in [-0.2, -0.15) is 10.2 Å². The van der Waals surface area contributed by atoms with E-state index in [1.807, 2.05) is 135 Å². The van der Waals surface area contributed by atoms with Crippen LogP contribution in [-0.2, 0) is 9.59 Å². The number of nitrogens with one attached hydrogen (secondary N) is 2. The molecule has 0 aliphatic carbocycles. The molecule has 0 bridgehead atoms. The number of nitrogens with zero attached hydrogens (tertiary/aromatic N) is 4. The van der Waals surface area contributed by atoms with Crippen LogP contribution in [0.1, 0.15) is 11.1 Å². The predicted molar refractivity (Wildman–Crippen MR) is 201 cm³/mol. The molecular weight excluding hydrogens is 637 g/mol. The van der Waals surface area contributed by atoms with Crippen LogP contribution in [-0.4, -0.2) is 23.3 Å². The van der Waals surface area contributed by atoms with Gasteiger partial charge < -0.3 is 10.6 Å². The highest BCUT2D eigenvalue weighted by Crippen LogP contribution is 2.35. The zero-order valence-electron chi connectivity index (χ0n) is 26.4. The molecule has 0 saturated carbocycles. The smallest absolute Gasteiger partial charge is 0.235 e. The lowest BCUT2D eigenvalue weighted by molar-refractivity contribution is -0.114. The van der Waals surface area contributed by atoms with Crippen LogP contribution in [0.4, 0.5) is 34.1 Å². The van der Waals surface area contributed by atoms with Crippen LogP contribution in [0.25, 0.3) is 21.5 Å². The van der Waals surface area contributed by atoms with Gasteiger partial charge in [0.25, 0.3) is 0 Å². The van der Waals surface area contributed by atoms with Gasteiger partial charge in [0.2, 0.25) is 11.8 Å². The largest absolute Gasteiger partial charge is 0.325 e. The van der Waals surface area contributed by atoms with Gasteiger partial charge in [0, 0.05) is 32.9 Å². The van der Waals surface area contributed by atoms with Crippen LogP contribution in [0.2, 0.25) is 0 Å². The second kappa shape index (κ2) is 15.5. The van der Waals surface area contributed by atoms with Crippen LogP contribution in [0, 0.1) is 13.8 Å². The van der Waals surface area contributed by atoms with Crippen molar-refractivity contribution < 1.29 is 9.59 Å². The van der Waals surface area contributed by atoms with Gasteiger partial charge in [-0.05, 0) is 62.4 Å². The van der Waals surface area contributed by atoms with Gasteiger partial charge in [-0.3, -0.25) is 9.59 Å². The molecular formula is C38H32N6O2S2. The molecule has 6 aromatic carbocycles. The lowest BCUT2D eigenvalue weighted by Gasteiger charge is -2.11. The van der Waals surface area contributed by atoms with Gasteiger partial charge >= 0.3 is 0 Å². The zero-order valence-corrected chi connectivity index (χ0v) is 28.0. The van der Waals surface area contributed by atoms with E-state index in [2.05, 4.69) is 31.1 Å². The molecule has 0 saturated heterocycles. The molecule has 6 aromatic rings. The molecule has 0 aliphatic heterocycles. The first-order chi connectivity index (χ1) is 23.4. The fourth-order valence-corrected chi connectivity index (χ4v) is 6.64. The summed E-state index contributed by atoms with van der Waals surface area (Å²) in [5.74, 6) is 0.0529. The number of amides is 2. The molecule has 0 unspecified atom stereocenters. The number of carbonyl (C=O) groups excluding carboxylic acids is 2. The normalized spacial score (nSPS) is 11.5. The van der Waals surface area contributed by atoms with E-state index >= 15 is 0 Å². The summed E-state index contributed by atoms with van der Waals surface area (Å²) >= 11 is 0. The van der Waals surface area contributed by atoms with Gasteiger partial charge in [0.1, 0.15) is 0 Å². The summed E-state index contributed by atoms with van der Waals surface area (Å²) in [6, 6.07) is 38.6. The molecule has 0 radical (unpaired) electrons. The maximum atomic E-state index is 12.8. The molecule has 0 spiro atoms. The Hall–Kier alpha value is -5.32. The number of aryl methyl sites for hydroxylation is 2. The highest BCUT2D eigenvalue weighted by molar-refractivity contribution is 8.77. The predicted octanol–water partition coefficient (Wildman–Crippen LogP) is 11.4.